The summed E-state index contributed by atoms with van der Waals surface area (Å²) in [6.45, 7) is 2.71. The van der Waals surface area contributed by atoms with Crippen LogP contribution in [0.1, 0.15) is 29.8 Å². The molecule has 0 radical (unpaired) electrons. The molecule has 0 aliphatic carbocycles. The van der Waals surface area contributed by atoms with Gasteiger partial charge in [0.15, 0.2) is 11.5 Å². The van der Waals surface area contributed by atoms with Crippen molar-refractivity contribution >= 4 is 28.2 Å². The maximum Gasteiger partial charge on any atom is 0.258 e. The SMILES string of the molecule is Cc1cccc(CCNC(=O)CCCc2nnc3n4nc(-c5ccccc5)nc4c4ccccc4n23)c1. The van der Waals surface area contributed by atoms with E-state index in [9.17, 15) is 4.79 Å². The van der Waals surface area contributed by atoms with Crippen LogP contribution in [0.5, 0.6) is 0 Å². The predicted octanol–water partition coefficient (Wildman–Crippen LogP) is 4.58. The van der Waals surface area contributed by atoms with Crippen molar-refractivity contribution in [3.63, 3.8) is 0 Å². The number of aryl methyl sites for hydroxylation is 2. The number of hydrogen-bond donors (Lipinski definition) is 1. The van der Waals surface area contributed by atoms with E-state index in [2.05, 4.69) is 46.7 Å². The van der Waals surface area contributed by atoms with Crippen molar-refractivity contribution in [2.75, 3.05) is 6.54 Å². The summed E-state index contributed by atoms with van der Waals surface area (Å²) in [6, 6.07) is 26.4. The second-order valence-corrected chi connectivity index (χ2v) is 9.25. The first-order valence-corrected chi connectivity index (χ1v) is 12.6. The summed E-state index contributed by atoms with van der Waals surface area (Å²) in [5.74, 6) is 2.11. The van der Waals surface area contributed by atoms with Gasteiger partial charge >= 0.3 is 0 Å². The third-order valence-electron chi connectivity index (χ3n) is 6.55. The van der Waals surface area contributed by atoms with Crippen LogP contribution in [0.2, 0.25) is 0 Å². The van der Waals surface area contributed by atoms with Gasteiger partial charge in [0.1, 0.15) is 5.82 Å². The van der Waals surface area contributed by atoms with E-state index >= 15 is 0 Å². The molecule has 3 aromatic heterocycles. The number of nitrogens with one attached hydrogen (secondary N) is 1. The number of rotatable bonds is 8. The minimum Gasteiger partial charge on any atom is -0.356 e. The van der Waals surface area contributed by atoms with E-state index in [0.717, 1.165) is 34.4 Å². The van der Waals surface area contributed by atoms with Gasteiger partial charge < -0.3 is 5.32 Å². The van der Waals surface area contributed by atoms with Gasteiger partial charge in [0.25, 0.3) is 5.78 Å². The van der Waals surface area contributed by atoms with E-state index in [1.807, 2.05) is 59.0 Å². The Hall–Kier alpha value is -4.59. The van der Waals surface area contributed by atoms with E-state index in [1.165, 1.54) is 11.1 Å². The van der Waals surface area contributed by atoms with Crippen LogP contribution in [0.3, 0.4) is 0 Å². The Morgan fingerprint density at radius 2 is 1.76 bits per heavy atom. The molecular weight excluding hydrogens is 462 g/mol. The van der Waals surface area contributed by atoms with Crippen molar-refractivity contribution in [2.45, 2.75) is 32.6 Å². The highest BCUT2D eigenvalue weighted by Gasteiger charge is 2.18. The minimum absolute atomic E-state index is 0.0532. The molecule has 0 spiro atoms. The summed E-state index contributed by atoms with van der Waals surface area (Å²) in [5.41, 5.74) is 5.13. The van der Waals surface area contributed by atoms with Crippen LogP contribution in [-0.4, -0.2) is 41.6 Å². The summed E-state index contributed by atoms with van der Waals surface area (Å²) in [6.07, 6.45) is 2.57. The third kappa shape index (κ3) is 4.53. The van der Waals surface area contributed by atoms with Gasteiger partial charge in [-0.1, -0.05) is 72.3 Å². The van der Waals surface area contributed by atoms with Crippen molar-refractivity contribution < 1.29 is 4.79 Å². The largest absolute Gasteiger partial charge is 0.356 e. The molecule has 1 N–H and O–H groups in total. The molecule has 0 saturated heterocycles. The second kappa shape index (κ2) is 9.81. The zero-order chi connectivity index (χ0) is 25.2. The highest BCUT2D eigenvalue weighted by atomic mass is 16.1. The lowest BCUT2D eigenvalue weighted by molar-refractivity contribution is -0.121. The standard InChI is InChI=1S/C29H27N7O/c1-20-9-7-10-21(19-20)17-18-30-26(37)16-8-15-25-32-33-29-35(25)24-14-6-5-13-23(24)28-31-27(34-36(28)29)22-11-3-2-4-12-22/h2-7,9-14,19H,8,15-18H2,1H3,(H,30,37). The molecule has 3 aromatic carbocycles. The molecule has 8 heteroatoms. The molecule has 8 nitrogen and oxygen atoms in total. The number of nitrogens with zero attached hydrogens (tertiary/aromatic N) is 6. The number of fused-ring (bicyclic) bond motifs is 6. The molecule has 3 heterocycles. The number of carbonyl (C=O) groups is 1. The Labute approximate surface area is 214 Å². The summed E-state index contributed by atoms with van der Waals surface area (Å²) >= 11 is 0. The Morgan fingerprint density at radius 3 is 2.62 bits per heavy atom. The Balaban J connectivity index is 1.21. The Bertz CT molecular complexity index is 1720. The fraction of sp³-hybridized carbons (Fsp3) is 0.207. The first-order valence-electron chi connectivity index (χ1n) is 12.6. The van der Waals surface area contributed by atoms with E-state index in [1.54, 1.807) is 4.52 Å². The lowest BCUT2D eigenvalue weighted by Crippen LogP contribution is -2.25. The molecule has 0 atom stereocenters. The Morgan fingerprint density at radius 1 is 0.919 bits per heavy atom. The van der Waals surface area contributed by atoms with Gasteiger partial charge in [-0.05, 0) is 37.5 Å². The summed E-state index contributed by atoms with van der Waals surface area (Å²) < 4.78 is 3.79. The third-order valence-corrected chi connectivity index (χ3v) is 6.55. The number of para-hydroxylation sites is 1. The molecule has 0 aliphatic heterocycles. The fourth-order valence-electron chi connectivity index (χ4n) is 4.76. The average Bonchev–Trinajstić information content (AvgIpc) is 3.55. The molecule has 184 valence electrons. The maximum atomic E-state index is 12.4. The maximum absolute atomic E-state index is 12.4. The van der Waals surface area contributed by atoms with Gasteiger partial charge in [0.2, 0.25) is 5.91 Å². The molecule has 0 bridgehead atoms. The number of carbonyl (C=O) groups excluding carboxylic acids is 1. The first kappa shape index (κ1) is 22.8. The molecule has 0 unspecified atom stereocenters. The van der Waals surface area contributed by atoms with Gasteiger partial charge in [-0.25, -0.2) is 4.98 Å². The van der Waals surface area contributed by atoms with Crippen LogP contribution < -0.4 is 5.32 Å². The molecular formula is C29H27N7O. The summed E-state index contributed by atoms with van der Waals surface area (Å²) in [5, 5.41) is 17.7. The quantitative estimate of drug-likeness (QED) is 0.338. The highest BCUT2D eigenvalue weighted by Crippen LogP contribution is 2.25. The van der Waals surface area contributed by atoms with Crippen molar-refractivity contribution in [2.24, 2.45) is 0 Å². The number of amides is 1. The van der Waals surface area contributed by atoms with Crippen LogP contribution in [0.15, 0.2) is 78.9 Å². The fourth-order valence-corrected chi connectivity index (χ4v) is 4.76. The molecule has 0 aliphatic rings. The predicted molar refractivity (Wildman–Crippen MR) is 143 cm³/mol. The Kier molecular flexibility index (Phi) is 6.06. The van der Waals surface area contributed by atoms with Crippen LogP contribution in [0.4, 0.5) is 0 Å². The van der Waals surface area contributed by atoms with Crippen molar-refractivity contribution in [3.8, 4) is 11.4 Å². The van der Waals surface area contributed by atoms with Crippen molar-refractivity contribution in [1.82, 2.24) is 34.5 Å². The smallest absolute Gasteiger partial charge is 0.258 e. The minimum atomic E-state index is 0.0532. The van der Waals surface area contributed by atoms with Crippen LogP contribution >= 0.6 is 0 Å². The summed E-state index contributed by atoms with van der Waals surface area (Å²) in [7, 11) is 0. The van der Waals surface area contributed by atoms with E-state index in [4.69, 9.17) is 10.1 Å². The van der Waals surface area contributed by atoms with E-state index in [-0.39, 0.29) is 5.91 Å². The lowest BCUT2D eigenvalue weighted by Gasteiger charge is -2.07. The van der Waals surface area contributed by atoms with Crippen molar-refractivity contribution in [3.05, 3.63) is 95.8 Å². The zero-order valence-corrected chi connectivity index (χ0v) is 20.6. The normalized spacial score (nSPS) is 11.5. The topological polar surface area (TPSA) is 89.5 Å². The lowest BCUT2D eigenvalue weighted by atomic mass is 10.1. The van der Waals surface area contributed by atoms with Gasteiger partial charge in [0.05, 0.1) is 5.52 Å². The van der Waals surface area contributed by atoms with Gasteiger partial charge in [-0.3, -0.25) is 9.20 Å². The van der Waals surface area contributed by atoms with Gasteiger partial charge in [-0.15, -0.1) is 15.3 Å². The summed E-state index contributed by atoms with van der Waals surface area (Å²) in [4.78, 5) is 17.3. The van der Waals surface area contributed by atoms with Crippen LogP contribution in [0, 0.1) is 6.92 Å². The number of hydrogen-bond acceptors (Lipinski definition) is 5. The molecule has 37 heavy (non-hydrogen) atoms. The molecule has 0 fully saturated rings. The van der Waals surface area contributed by atoms with E-state index < -0.39 is 0 Å². The monoisotopic (exact) mass is 489 g/mol. The highest BCUT2D eigenvalue weighted by molar-refractivity contribution is 5.94. The van der Waals surface area contributed by atoms with Crippen LogP contribution in [0.25, 0.3) is 33.7 Å². The van der Waals surface area contributed by atoms with Gasteiger partial charge in [0, 0.05) is 30.3 Å². The average molecular weight is 490 g/mol. The number of aromatic nitrogens is 6. The second-order valence-electron chi connectivity index (χ2n) is 9.25. The number of benzene rings is 3. The van der Waals surface area contributed by atoms with Gasteiger partial charge in [-0.2, -0.15) is 4.52 Å². The zero-order valence-electron chi connectivity index (χ0n) is 20.6. The molecule has 6 rings (SSSR count). The molecule has 0 saturated carbocycles. The first-order chi connectivity index (χ1) is 18.2. The van der Waals surface area contributed by atoms with Crippen molar-refractivity contribution in [1.29, 1.82) is 0 Å². The van der Waals surface area contributed by atoms with Crippen LogP contribution in [-0.2, 0) is 17.6 Å². The van der Waals surface area contributed by atoms with E-state index in [0.29, 0.717) is 37.4 Å². The molecule has 6 aromatic rings. The molecule has 1 amide bonds.